The number of nitrogens with one attached hydrogen (secondary N) is 1. The Labute approximate surface area is 218 Å². The van der Waals surface area contributed by atoms with E-state index in [0.29, 0.717) is 5.75 Å². The largest absolute Gasteiger partial charge is 0.501 e. The third-order valence-corrected chi connectivity index (χ3v) is 7.92. The summed E-state index contributed by atoms with van der Waals surface area (Å²) in [6, 6.07) is 10.9. The molecule has 3 rings (SSSR count). The fourth-order valence-electron chi connectivity index (χ4n) is 3.58. The molecule has 1 atom stereocenters. The van der Waals surface area contributed by atoms with E-state index >= 15 is 0 Å². The number of rotatable bonds is 8. The second-order valence-electron chi connectivity index (χ2n) is 8.05. The highest BCUT2D eigenvalue weighted by molar-refractivity contribution is 8.02. The van der Waals surface area contributed by atoms with Crippen LogP contribution in [0.3, 0.4) is 0 Å². The third-order valence-electron chi connectivity index (χ3n) is 5.36. The molecule has 1 aliphatic rings. The summed E-state index contributed by atoms with van der Waals surface area (Å²) in [6.45, 7) is 5.92. The number of sulfone groups is 1. The standard InChI is InChI=1S/C26H26F3N3O3S2/c1-4-8-22-17(3)31-15-23(22)25(30-5-2)36-16-18-9-6-10-19(13-18)24(33)32-20-11-7-12-21(14-20)37(34,35)26(27,28)29/h5-15,17H,4,16H2,1-3H3,(H,32,33)/b22-8+,25-23+,30-5-. The summed E-state index contributed by atoms with van der Waals surface area (Å²) in [7, 11) is -5.53. The number of thioether (sulfide) groups is 1. The molecule has 1 N–H and O–H groups in total. The van der Waals surface area contributed by atoms with Crippen molar-refractivity contribution in [1.82, 2.24) is 0 Å². The average Bonchev–Trinajstić information content (AvgIpc) is 3.21. The van der Waals surface area contributed by atoms with E-state index in [1.54, 1.807) is 24.4 Å². The number of allylic oxidation sites excluding steroid dienone is 1. The molecule has 2 aromatic rings. The third kappa shape index (κ3) is 6.78. The van der Waals surface area contributed by atoms with Crippen LogP contribution in [0.25, 0.3) is 0 Å². The fourth-order valence-corrected chi connectivity index (χ4v) is 5.38. The lowest BCUT2D eigenvalue weighted by atomic mass is 10.0. The van der Waals surface area contributed by atoms with E-state index < -0.39 is 26.1 Å². The van der Waals surface area contributed by atoms with E-state index in [-0.39, 0.29) is 17.3 Å². The molecule has 0 saturated heterocycles. The van der Waals surface area contributed by atoms with E-state index in [1.165, 1.54) is 17.8 Å². The summed E-state index contributed by atoms with van der Waals surface area (Å²) in [5.74, 6) is -0.0680. The quantitative estimate of drug-likeness (QED) is 0.377. The number of nitrogens with zero attached hydrogens (tertiary/aromatic N) is 2. The Kier molecular flexibility index (Phi) is 9.14. The van der Waals surface area contributed by atoms with Crippen molar-refractivity contribution >= 4 is 45.6 Å². The van der Waals surface area contributed by atoms with Crippen molar-refractivity contribution in [2.75, 3.05) is 5.32 Å². The lowest BCUT2D eigenvalue weighted by Gasteiger charge is -2.11. The molecule has 37 heavy (non-hydrogen) atoms. The lowest BCUT2D eigenvalue weighted by molar-refractivity contribution is -0.0436. The summed E-state index contributed by atoms with van der Waals surface area (Å²) in [6.07, 6.45) is 6.56. The van der Waals surface area contributed by atoms with Crippen LogP contribution >= 0.6 is 11.8 Å². The van der Waals surface area contributed by atoms with Gasteiger partial charge in [0, 0.05) is 35.0 Å². The monoisotopic (exact) mass is 549 g/mol. The molecule has 1 amide bonds. The maximum absolute atomic E-state index is 12.9. The topological polar surface area (TPSA) is 88.0 Å². The Morgan fingerprint density at radius 1 is 1.19 bits per heavy atom. The summed E-state index contributed by atoms with van der Waals surface area (Å²) in [4.78, 5) is 20.9. The number of alkyl halides is 3. The second kappa shape index (κ2) is 11.9. The predicted molar refractivity (Wildman–Crippen MR) is 143 cm³/mol. The number of hydrogen-bond acceptors (Lipinski definition) is 6. The van der Waals surface area contributed by atoms with Gasteiger partial charge in [0.25, 0.3) is 15.7 Å². The van der Waals surface area contributed by atoms with Gasteiger partial charge in [-0.3, -0.25) is 14.8 Å². The van der Waals surface area contributed by atoms with Gasteiger partial charge in [0.1, 0.15) is 5.03 Å². The Morgan fingerprint density at radius 2 is 1.92 bits per heavy atom. The number of anilines is 1. The molecule has 196 valence electrons. The molecule has 0 aromatic heterocycles. The van der Waals surface area contributed by atoms with Crippen molar-refractivity contribution in [3.63, 3.8) is 0 Å². The number of aliphatic imine (C=N–C) groups is 2. The van der Waals surface area contributed by atoms with E-state index in [2.05, 4.69) is 28.3 Å². The molecule has 1 unspecified atom stereocenters. The van der Waals surface area contributed by atoms with Gasteiger partial charge in [0.2, 0.25) is 0 Å². The van der Waals surface area contributed by atoms with Gasteiger partial charge in [-0.2, -0.15) is 13.2 Å². The first-order valence-electron chi connectivity index (χ1n) is 11.4. The van der Waals surface area contributed by atoms with Crippen molar-refractivity contribution in [3.05, 3.63) is 81.9 Å². The zero-order chi connectivity index (χ0) is 27.2. The fraction of sp³-hybridized carbons (Fsp3) is 0.269. The van der Waals surface area contributed by atoms with Crippen LogP contribution in [0.5, 0.6) is 0 Å². The molecule has 0 radical (unpaired) electrons. The molecular formula is C26H26F3N3O3S2. The van der Waals surface area contributed by atoms with E-state index in [4.69, 9.17) is 0 Å². The molecule has 0 saturated carbocycles. The normalized spacial score (nSPS) is 18.5. The number of carbonyl (C=O) groups excluding carboxylic acids is 1. The highest BCUT2D eigenvalue weighted by atomic mass is 32.2. The Hall–Kier alpha value is -3.18. The van der Waals surface area contributed by atoms with Crippen LogP contribution in [0.2, 0.25) is 0 Å². The van der Waals surface area contributed by atoms with Crippen LogP contribution in [0.1, 0.15) is 43.1 Å². The minimum atomic E-state index is -5.53. The van der Waals surface area contributed by atoms with Gasteiger partial charge in [-0.1, -0.05) is 31.2 Å². The highest BCUT2D eigenvalue weighted by Gasteiger charge is 2.46. The highest BCUT2D eigenvalue weighted by Crippen LogP contribution is 2.34. The molecule has 0 fully saturated rings. The number of halogens is 3. The van der Waals surface area contributed by atoms with Gasteiger partial charge < -0.3 is 5.32 Å². The molecule has 0 aliphatic carbocycles. The van der Waals surface area contributed by atoms with Gasteiger partial charge in [-0.05, 0) is 61.7 Å². The first kappa shape index (κ1) is 28.4. The van der Waals surface area contributed by atoms with Gasteiger partial charge in [0.05, 0.1) is 10.9 Å². The van der Waals surface area contributed by atoms with Gasteiger partial charge >= 0.3 is 5.51 Å². The lowest BCUT2D eigenvalue weighted by Crippen LogP contribution is -2.23. The summed E-state index contributed by atoms with van der Waals surface area (Å²) in [5.41, 5.74) is -2.30. The zero-order valence-electron chi connectivity index (χ0n) is 20.4. The van der Waals surface area contributed by atoms with Crippen LogP contribution in [-0.4, -0.2) is 38.3 Å². The SMILES string of the molecule is C\C=N/C(SCc1cccc(C(=O)Nc2cccc(S(=O)(=O)C(F)(F)F)c2)c1)=C1/C=NC(C)/C1=C\CC. The Bertz CT molecular complexity index is 1400. The first-order chi connectivity index (χ1) is 17.5. The summed E-state index contributed by atoms with van der Waals surface area (Å²) < 4.78 is 62.0. The maximum atomic E-state index is 12.9. The summed E-state index contributed by atoms with van der Waals surface area (Å²) >= 11 is 1.50. The number of benzene rings is 2. The molecule has 2 aromatic carbocycles. The van der Waals surface area contributed by atoms with Gasteiger partial charge in [0.15, 0.2) is 0 Å². The molecule has 6 nitrogen and oxygen atoms in total. The van der Waals surface area contributed by atoms with E-state index in [0.717, 1.165) is 46.4 Å². The minimum Gasteiger partial charge on any atom is -0.322 e. The van der Waals surface area contributed by atoms with Crippen molar-refractivity contribution in [2.24, 2.45) is 9.98 Å². The molecular weight excluding hydrogens is 523 g/mol. The molecule has 11 heteroatoms. The van der Waals surface area contributed by atoms with Crippen LogP contribution < -0.4 is 5.32 Å². The van der Waals surface area contributed by atoms with E-state index in [1.807, 2.05) is 26.1 Å². The molecule has 1 heterocycles. The van der Waals surface area contributed by atoms with Crippen LogP contribution in [-0.2, 0) is 15.6 Å². The van der Waals surface area contributed by atoms with Crippen molar-refractivity contribution < 1.29 is 26.4 Å². The van der Waals surface area contributed by atoms with Crippen molar-refractivity contribution in [2.45, 2.75) is 49.4 Å². The smallest absolute Gasteiger partial charge is 0.322 e. The molecule has 1 aliphatic heterocycles. The summed E-state index contributed by atoms with van der Waals surface area (Å²) in [5, 5.41) is 3.28. The number of carbonyl (C=O) groups is 1. The maximum Gasteiger partial charge on any atom is 0.501 e. The Morgan fingerprint density at radius 3 is 2.59 bits per heavy atom. The van der Waals surface area contributed by atoms with Crippen molar-refractivity contribution in [1.29, 1.82) is 0 Å². The van der Waals surface area contributed by atoms with Crippen LogP contribution in [0, 0.1) is 0 Å². The predicted octanol–water partition coefficient (Wildman–Crippen LogP) is 6.58. The second-order valence-corrected chi connectivity index (χ2v) is 11.0. The molecule has 0 spiro atoms. The minimum absolute atomic E-state index is 0.0641. The number of amides is 1. The van der Waals surface area contributed by atoms with E-state index in [9.17, 15) is 26.4 Å². The van der Waals surface area contributed by atoms with Crippen LogP contribution in [0.4, 0.5) is 18.9 Å². The van der Waals surface area contributed by atoms with Gasteiger partial charge in [-0.15, -0.1) is 11.8 Å². The first-order valence-corrected chi connectivity index (χ1v) is 13.9. The zero-order valence-corrected chi connectivity index (χ0v) is 22.0. The van der Waals surface area contributed by atoms with Crippen molar-refractivity contribution in [3.8, 4) is 0 Å². The van der Waals surface area contributed by atoms with Crippen LogP contribution in [0.15, 0.2) is 85.7 Å². The van der Waals surface area contributed by atoms with Gasteiger partial charge in [-0.25, -0.2) is 8.42 Å². The Balaban J connectivity index is 1.78. The average molecular weight is 550 g/mol. The molecule has 0 bridgehead atoms. The number of hydrogen-bond donors (Lipinski definition) is 1.